The van der Waals surface area contributed by atoms with Gasteiger partial charge in [0.05, 0.1) is 10.6 Å². The van der Waals surface area contributed by atoms with Crippen LogP contribution >= 0.6 is 0 Å². The highest BCUT2D eigenvalue weighted by molar-refractivity contribution is 7.93. The lowest BCUT2D eigenvalue weighted by molar-refractivity contribution is 0.0953. The third kappa shape index (κ3) is 3.14. The van der Waals surface area contributed by atoms with Crippen molar-refractivity contribution in [1.82, 2.24) is 5.32 Å². The van der Waals surface area contributed by atoms with Crippen molar-refractivity contribution in [3.63, 3.8) is 0 Å². The molecular formula is C19H22N2O3S. The quantitative estimate of drug-likeness (QED) is 0.833. The van der Waals surface area contributed by atoms with Gasteiger partial charge in [0, 0.05) is 30.3 Å². The molecule has 0 unspecified atom stereocenters. The maximum Gasteiger partial charge on any atom is 0.264 e. The van der Waals surface area contributed by atoms with Gasteiger partial charge in [-0.3, -0.25) is 9.10 Å². The fraction of sp³-hybridized carbons (Fsp3) is 0.316. The molecule has 132 valence electrons. The van der Waals surface area contributed by atoms with Gasteiger partial charge in [0.1, 0.15) is 0 Å². The molecule has 0 aliphatic carbocycles. The Morgan fingerprint density at radius 3 is 2.60 bits per heavy atom. The molecule has 0 atom stereocenters. The molecule has 25 heavy (non-hydrogen) atoms. The molecule has 3 rings (SSSR count). The van der Waals surface area contributed by atoms with Crippen molar-refractivity contribution in [2.75, 3.05) is 17.9 Å². The summed E-state index contributed by atoms with van der Waals surface area (Å²) < 4.78 is 26.5. The Balaban J connectivity index is 1.97. The summed E-state index contributed by atoms with van der Waals surface area (Å²) in [5.41, 5.74) is 2.52. The molecule has 6 heteroatoms. The van der Waals surface area contributed by atoms with Crippen LogP contribution in [0.4, 0.5) is 5.69 Å². The van der Waals surface area contributed by atoms with Gasteiger partial charge in [0.2, 0.25) is 0 Å². The number of hydrogen-bond donors (Lipinski definition) is 1. The Morgan fingerprint density at radius 2 is 1.84 bits per heavy atom. The first-order chi connectivity index (χ1) is 12.0. The molecule has 0 saturated carbocycles. The summed E-state index contributed by atoms with van der Waals surface area (Å²) in [6.45, 7) is 2.77. The first kappa shape index (κ1) is 17.5. The third-order valence-electron chi connectivity index (χ3n) is 4.48. The van der Waals surface area contributed by atoms with Crippen molar-refractivity contribution in [3.8, 4) is 11.1 Å². The molecule has 1 aliphatic heterocycles. The van der Waals surface area contributed by atoms with Gasteiger partial charge < -0.3 is 5.32 Å². The molecule has 0 aromatic heterocycles. The predicted octanol–water partition coefficient (Wildman–Crippen LogP) is 3.41. The monoisotopic (exact) mass is 358 g/mol. The van der Waals surface area contributed by atoms with Crippen molar-refractivity contribution in [1.29, 1.82) is 0 Å². The Kier molecular flexibility index (Phi) is 4.81. The van der Waals surface area contributed by atoms with Gasteiger partial charge in [-0.1, -0.05) is 38.0 Å². The molecule has 0 radical (unpaired) electrons. The van der Waals surface area contributed by atoms with Crippen LogP contribution in [0.1, 0.15) is 36.5 Å². The van der Waals surface area contributed by atoms with Crippen LogP contribution in [0.2, 0.25) is 0 Å². The number of sulfonamides is 1. The number of hydrogen-bond acceptors (Lipinski definition) is 3. The lowest BCUT2D eigenvalue weighted by atomic mass is 10.00. The number of unbranched alkanes of at least 4 members (excludes halogenated alkanes) is 2. The van der Waals surface area contributed by atoms with Crippen LogP contribution in [0.3, 0.4) is 0 Å². The van der Waals surface area contributed by atoms with Gasteiger partial charge >= 0.3 is 0 Å². The number of rotatable bonds is 5. The zero-order valence-electron chi connectivity index (χ0n) is 14.5. The Morgan fingerprint density at radius 1 is 1.08 bits per heavy atom. The highest BCUT2D eigenvalue weighted by Gasteiger charge is 2.32. The average Bonchev–Trinajstić information content (AvgIpc) is 2.63. The molecule has 1 aliphatic rings. The summed E-state index contributed by atoms with van der Waals surface area (Å²) in [4.78, 5) is 12.6. The molecule has 2 aromatic carbocycles. The molecule has 1 N–H and O–H groups in total. The van der Waals surface area contributed by atoms with Crippen molar-refractivity contribution in [2.24, 2.45) is 0 Å². The van der Waals surface area contributed by atoms with Crippen molar-refractivity contribution < 1.29 is 13.2 Å². The van der Waals surface area contributed by atoms with E-state index in [-0.39, 0.29) is 10.8 Å². The molecule has 1 amide bonds. The molecule has 0 bridgehead atoms. The molecule has 0 spiro atoms. The largest absolute Gasteiger partial charge is 0.352 e. The number of nitrogens with one attached hydrogen (secondary N) is 1. The van der Waals surface area contributed by atoms with E-state index in [1.807, 2.05) is 0 Å². The normalized spacial score (nSPS) is 14.6. The first-order valence-electron chi connectivity index (χ1n) is 8.47. The van der Waals surface area contributed by atoms with E-state index >= 15 is 0 Å². The smallest absolute Gasteiger partial charge is 0.264 e. The minimum Gasteiger partial charge on any atom is -0.352 e. The van der Waals surface area contributed by atoms with Crippen molar-refractivity contribution in [2.45, 2.75) is 31.1 Å². The molecular weight excluding hydrogens is 336 g/mol. The molecule has 5 nitrogen and oxygen atoms in total. The van der Waals surface area contributed by atoms with E-state index in [0.29, 0.717) is 23.4 Å². The van der Waals surface area contributed by atoms with Gasteiger partial charge in [-0.25, -0.2) is 8.42 Å². The van der Waals surface area contributed by atoms with Crippen LogP contribution in [0, 0.1) is 0 Å². The van der Waals surface area contributed by atoms with Crippen LogP contribution in [0.5, 0.6) is 0 Å². The molecule has 1 heterocycles. The van der Waals surface area contributed by atoms with E-state index in [1.54, 1.807) is 42.5 Å². The summed E-state index contributed by atoms with van der Waals surface area (Å²) >= 11 is 0. The van der Waals surface area contributed by atoms with E-state index in [9.17, 15) is 13.2 Å². The predicted molar refractivity (Wildman–Crippen MR) is 99.3 cm³/mol. The second-order valence-corrected chi connectivity index (χ2v) is 8.10. The SMILES string of the molecule is CCCCCNC(=O)c1ccc2c(c1)-c1ccccc1S(=O)(=O)N2C. The number of benzene rings is 2. The first-order valence-corrected chi connectivity index (χ1v) is 9.91. The zero-order valence-corrected chi connectivity index (χ0v) is 15.3. The van der Waals surface area contributed by atoms with Crippen LogP contribution in [0.25, 0.3) is 11.1 Å². The highest BCUT2D eigenvalue weighted by atomic mass is 32.2. The number of amides is 1. The van der Waals surface area contributed by atoms with Crippen LogP contribution in [-0.4, -0.2) is 27.9 Å². The topological polar surface area (TPSA) is 66.5 Å². The maximum absolute atomic E-state index is 12.6. The minimum atomic E-state index is -3.55. The fourth-order valence-corrected chi connectivity index (χ4v) is 4.46. The Hall–Kier alpha value is -2.34. The summed E-state index contributed by atoms with van der Waals surface area (Å²) in [7, 11) is -2.02. The van der Waals surface area contributed by atoms with Crippen molar-refractivity contribution >= 4 is 21.6 Å². The lowest BCUT2D eigenvalue weighted by Gasteiger charge is -2.29. The van der Waals surface area contributed by atoms with Crippen LogP contribution in [-0.2, 0) is 10.0 Å². The summed E-state index contributed by atoms with van der Waals surface area (Å²) in [6.07, 6.45) is 3.14. The van der Waals surface area contributed by atoms with Gasteiger partial charge in [-0.05, 0) is 30.7 Å². The van der Waals surface area contributed by atoms with Gasteiger partial charge in [-0.2, -0.15) is 0 Å². The molecule has 0 saturated heterocycles. The number of carbonyl (C=O) groups is 1. The third-order valence-corrected chi connectivity index (χ3v) is 6.31. The maximum atomic E-state index is 12.6. The van der Waals surface area contributed by atoms with Crippen molar-refractivity contribution in [3.05, 3.63) is 48.0 Å². The average molecular weight is 358 g/mol. The van der Waals surface area contributed by atoms with Gasteiger partial charge in [0.15, 0.2) is 0 Å². The number of nitrogens with zero attached hydrogens (tertiary/aromatic N) is 1. The standard InChI is InChI=1S/C19H22N2O3S/c1-3-4-7-12-20-19(22)14-10-11-17-16(13-14)15-8-5-6-9-18(15)25(23,24)21(17)2/h5-6,8-11,13H,3-4,7,12H2,1-2H3,(H,20,22). The molecule has 0 fully saturated rings. The van der Waals surface area contributed by atoms with Gasteiger partial charge in [-0.15, -0.1) is 0 Å². The van der Waals surface area contributed by atoms with Crippen LogP contribution < -0.4 is 9.62 Å². The van der Waals surface area contributed by atoms with E-state index in [1.165, 1.54) is 11.4 Å². The number of anilines is 1. The van der Waals surface area contributed by atoms with Gasteiger partial charge in [0.25, 0.3) is 15.9 Å². The summed E-state index contributed by atoms with van der Waals surface area (Å²) in [5.74, 6) is -0.132. The highest BCUT2D eigenvalue weighted by Crippen LogP contribution is 2.42. The number of carbonyl (C=O) groups excluding carboxylic acids is 1. The molecule has 2 aromatic rings. The van der Waals surface area contributed by atoms with E-state index in [4.69, 9.17) is 0 Å². The fourth-order valence-electron chi connectivity index (χ4n) is 3.04. The second kappa shape index (κ2) is 6.88. The van der Waals surface area contributed by atoms with Crippen LogP contribution in [0.15, 0.2) is 47.4 Å². The van der Waals surface area contributed by atoms with E-state index in [2.05, 4.69) is 12.2 Å². The Bertz CT molecular complexity index is 907. The lowest BCUT2D eigenvalue weighted by Crippen LogP contribution is -2.31. The summed E-state index contributed by atoms with van der Waals surface area (Å²) in [5, 5.41) is 2.92. The Labute approximate surface area is 148 Å². The second-order valence-electron chi connectivity index (χ2n) is 6.16. The van der Waals surface area contributed by atoms with E-state index < -0.39 is 10.0 Å². The number of fused-ring (bicyclic) bond motifs is 3. The van der Waals surface area contributed by atoms with E-state index in [0.717, 1.165) is 24.8 Å². The summed E-state index contributed by atoms with van der Waals surface area (Å²) in [6, 6.07) is 12.0. The zero-order chi connectivity index (χ0) is 18.0. The minimum absolute atomic E-state index is 0.132.